The van der Waals surface area contributed by atoms with Crippen molar-refractivity contribution in [3.8, 4) is 0 Å². The molecule has 0 bridgehead atoms. The van der Waals surface area contributed by atoms with Crippen molar-refractivity contribution in [3.63, 3.8) is 0 Å². The molecule has 2 atom stereocenters. The molecule has 0 saturated carbocycles. The quantitative estimate of drug-likeness (QED) is 0.135. The maximum absolute atomic E-state index is 14.4. The smallest absolute Gasteiger partial charge is 0.264 e. The molecule has 0 unspecified atom stereocenters. The highest BCUT2D eigenvalue weighted by molar-refractivity contribution is 9.10. The standard InChI is InChI=1S/C24H12BrCl4FN2O3/c1-9-5-6-12(8-13(9)30)31-20(10-3-2-4-11(25)7-10)21(24(31)35)32-22(33)14-15(23(32)34)17(27)19(29)18(28)16(14)26/h2-8,20-21H,1H3/t20-,21+/m1/s1. The fourth-order valence-corrected chi connectivity index (χ4v) is 5.82. The van der Waals surface area contributed by atoms with Gasteiger partial charge in [0.2, 0.25) is 0 Å². The van der Waals surface area contributed by atoms with E-state index in [-0.39, 0.29) is 36.9 Å². The molecule has 3 amide bonds. The van der Waals surface area contributed by atoms with Crippen LogP contribution >= 0.6 is 62.3 Å². The number of aryl methyl sites for hydroxylation is 1. The molecule has 2 aliphatic rings. The van der Waals surface area contributed by atoms with Crippen molar-refractivity contribution in [1.29, 1.82) is 0 Å². The number of halogens is 6. The summed E-state index contributed by atoms with van der Waals surface area (Å²) in [6.45, 7) is 1.61. The molecule has 2 aliphatic heterocycles. The lowest BCUT2D eigenvalue weighted by Gasteiger charge is -2.49. The van der Waals surface area contributed by atoms with E-state index in [0.717, 1.165) is 9.37 Å². The zero-order valence-electron chi connectivity index (χ0n) is 17.6. The van der Waals surface area contributed by atoms with Crippen LogP contribution in [0.25, 0.3) is 0 Å². The molecule has 3 aromatic rings. The lowest BCUT2D eigenvalue weighted by molar-refractivity contribution is -0.130. The second kappa shape index (κ2) is 8.75. The van der Waals surface area contributed by atoms with E-state index in [4.69, 9.17) is 46.4 Å². The first-order valence-electron chi connectivity index (χ1n) is 10.1. The number of carbonyl (C=O) groups excluding carboxylic acids is 3. The fourth-order valence-electron chi connectivity index (χ4n) is 4.39. The summed E-state index contributed by atoms with van der Waals surface area (Å²) in [5.74, 6) is -2.69. The number of amides is 3. The Bertz CT molecular complexity index is 1430. The van der Waals surface area contributed by atoms with Gasteiger partial charge in [0.1, 0.15) is 11.9 Å². The number of hydrogen-bond donors (Lipinski definition) is 0. The minimum atomic E-state index is -1.23. The molecule has 5 rings (SSSR count). The van der Waals surface area contributed by atoms with Gasteiger partial charge >= 0.3 is 0 Å². The predicted octanol–water partition coefficient (Wildman–Crippen LogP) is 7.26. The van der Waals surface area contributed by atoms with Crippen molar-refractivity contribution in [3.05, 3.63) is 95.1 Å². The Morgan fingerprint density at radius 1 is 0.800 bits per heavy atom. The van der Waals surface area contributed by atoms with Gasteiger partial charge in [0.25, 0.3) is 17.7 Å². The number of anilines is 1. The van der Waals surface area contributed by atoms with E-state index in [1.165, 1.54) is 11.0 Å². The van der Waals surface area contributed by atoms with Crippen molar-refractivity contribution in [2.24, 2.45) is 0 Å². The van der Waals surface area contributed by atoms with Gasteiger partial charge in [-0.2, -0.15) is 0 Å². The zero-order chi connectivity index (χ0) is 25.3. The largest absolute Gasteiger partial charge is 0.300 e. The SMILES string of the molecule is Cc1ccc(N2C(=O)[C@@H](N3C(=O)c4c(Cl)c(Cl)c(Cl)c(Cl)c4C3=O)[C@H]2c2cccc(Br)c2)cc1F. The van der Waals surface area contributed by atoms with Gasteiger partial charge in [-0.25, -0.2) is 4.39 Å². The molecule has 1 saturated heterocycles. The molecule has 2 heterocycles. The van der Waals surface area contributed by atoms with Crippen LogP contribution in [0.3, 0.4) is 0 Å². The Balaban J connectivity index is 1.65. The maximum atomic E-state index is 14.4. The van der Waals surface area contributed by atoms with E-state index in [9.17, 15) is 18.8 Å². The summed E-state index contributed by atoms with van der Waals surface area (Å²) in [6, 6.07) is 9.42. The third kappa shape index (κ3) is 3.59. The third-order valence-corrected chi connectivity index (χ3v) is 8.40. The average molecular weight is 617 g/mol. The average Bonchev–Trinajstić information content (AvgIpc) is 3.07. The molecule has 0 radical (unpaired) electrons. The van der Waals surface area contributed by atoms with Crippen molar-refractivity contribution in [2.75, 3.05) is 4.90 Å². The van der Waals surface area contributed by atoms with Crippen LogP contribution in [0.5, 0.6) is 0 Å². The van der Waals surface area contributed by atoms with Gasteiger partial charge in [0.05, 0.1) is 37.3 Å². The zero-order valence-corrected chi connectivity index (χ0v) is 22.2. The number of hydrogen-bond acceptors (Lipinski definition) is 3. The Hall–Kier alpha value is -2.16. The van der Waals surface area contributed by atoms with Gasteiger partial charge in [0, 0.05) is 10.2 Å². The minimum absolute atomic E-state index is 0.166. The molecule has 11 heteroatoms. The van der Waals surface area contributed by atoms with Crippen LogP contribution in [0.15, 0.2) is 46.9 Å². The molecule has 5 nitrogen and oxygen atoms in total. The van der Waals surface area contributed by atoms with Crippen LogP contribution < -0.4 is 4.90 Å². The van der Waals surface area contributed by atoms with Crippen LogP contribution in [0.4, 0.5) is 10.1 Å². The molecule has 0 aromatic heterocycles. The molecule has 35 heavy (non-hydrogen) atoms. The second-order valence-corrected chi connectivity index (χ2v) is 10.5. The van der Waals surface area contributed by atoms with Gasteiger partial charge in [-0.15, -0.1) is 0 Å². The molecule has 0 aliphatic carbocycles. The van der Waals surface area contributed by atoms with Gasteiger partial charge < -0.3 is 4.90 Å². The number of β-lactam (4-membered cyclic amide) rings is 1. The van der Waals surface area contributed by atoms with Gasteiger partial charge in [-0.3, -0.25) is 19.3 Å². The summed E-state index contributed by atoms with van der Waals surface area (Å²) < 4.78 is 15.1. The van der Waals surface area contributed by atoms with Crippen LogP contribution in [0, 0.1) is 12.7 Å². The molecule has 0 spiro atoms. The number of benzene rings is 3. The topological polar surface area (TPSA) is 57.7 Å². The number of fused-ring (bicyclic) bond motifs is 1. The van der Waals surface area contributed by atoms with E-state index in [0.29, 0.717) is 11.1 Å². The van der Waals surface area contributed by atoms with E-state index in [1.54, 1.807) is 43.3 Å². The number of carbonyl (C=O) groups is 3. The molecule has 1 fully saturated rings. The van der Waals surface area contributed by atoms with Gasteiger partial charge in [-0.05, 0) is 42.3 Å². The summed E-state index contributed by atoms with van der Waals surface area (Å²) in [5.41, 5.74) is 0.900. The van der Waals surface area contributed by atoms with Crippen molar-refractivity contribution < 1.29 is 18.8 Å². The minimum Gasteiger partial charge on any atom is -0.300 e. The van der Waals surface area contributed by atoms with Gasteiger partial charge in [0.15, 0.2) is 0 Å². The molecule has 3 aromatic carbocycles. The second-order valence-electron chi connectivity index (χ2n) is 8.07. The van der Waals surface area contributed by atoms with E-state index in [1.807, 2.05) is 0 Å². The van der Waals surface area contributed by atoms with Crippen molar-refractivity contribution in [1.82, 2.24) is 4.90 Å². The van der Waals surface area contributed by atoms with Crippen molar-refractivity contribution >= 4 is 85.7 Å². The first-order chi connectivity index (χ1) is 16.5. The third-order valence-electron chi connectivity index (χ3n) is 6.10. The number of rotatable bonds is 3. The first-order valence-corrected chi connectivity index (χ1v) is 12.4. The molecule has 178 valence electrons. The van der Waals surface area contributed by atoms with Gasteiger partial charge in [-0.1, -0.05) is 80.5 Å². The van der Waals surface area contributed by atoms with Crippen LogP contribution in [-0.4, -0.2) is 28.7 Å². The Kier molecular flexibility index (Phi) is 6.13. The Morgan fingerprint density at radius 3 is 1.94 bits per heavy atom. The maximum Gasteiger partial charge on any atom is 0.264 e. The normalized spacial score (nSPS) is 19.3. The highest BCUT2D eigenvalue weighted by atomic mass is 79.9. The molecular weight excluding hydrogens is 605 g/mol. The first kappa shape index (κ1) is 24.5. The summed E-state index contributed by atoms with van der Waals surface area (Å²) in [7, 11) is 0. The number of nitrogens with zero attached hydrogens (tertiary/aromatic N) is 2. The number of imide groups is 1. The van der Waals surface area contributed by atoms with Crippen LogP contribution in [0.1, 0.15) is 37.9 Å². The summed E-state index contributed by atoms with van der Waals surface area (Å²) in [5, 5.41) is -0.777. The molecular formula is C24H12BrCl4FN2O3. The lowest BCUT2D eigenvalue weighted by atomic mass is 9.86. The van der Waals surface area contributed by atoms with Crippen LogP contribution in [0.2, 0.25) is 20.1 Å². The van der Waals surface area contributed by atoms with Crippen LogP contribution in [-0.2, 0) is 4.79 Å². The Morgan fingerprint density at radius 2 is 1.40 bits per heavy atom. The summed E-state index contributed by atoms with van der Waals surface area (Å²) in [6.07, 6.45) is 0. The van der Waals surface area contributed by atoms with E-state index in [2.05, 4.69) is 15.9 Å². The fraction of sp³-hybridized carbons (Fsp3) is 0.125. The van der Waals surface area contributed by atoms with Crippen molar-refractivity contribution in [2.45, 2.75) is 19.0 Å². The lowest BCUT2D eigenvalue weighted by Crippen LogP contribution is -2.67. The highest BCUT2D eigenvalue weighted by Gasteiger charge is 2.58. The molecule has 0 N–H and O–H groups in total. The summed E-state index contributed by atoms with van der Waals surface area (Å²) >= 11 is 28.1. The highest BCUT2D eigenvalue weighted by Crippen LogP contribution is 2.49. The van der Waals surface area contributed by atoms with E-state index < -0.39 is 35.6 Å². The monoisotopic (exact) mass is 614 g/mol. The van der Waals surface area contributed by atoms with E-state index >= 15 is 0 Å². The summed E-state index contributed by atoms with van der Waals surface area (Å²) in [4.78, 5) is 42.5. The predicted molar refractivity (Wildman–Crippen MR) is 136 cm³/mol. The Labute approximate surface area is 227 Å².